The quantitative estimate of drug-likeness (QED) is 0.740. The number of aromatic hydroxyl groups is 3. The molecule has 2 aromatic carbocycles. The highest BCUT2D eigenvalue weighted by molar-refractivity contribution is 5.78. The summed E-state index contributed by atoms with van der Waals surface area (Å²) in [7, 11) is 0. The molecule has 0 saturated heterocycles. The van der Waals surface area contributed by atoms with Crippen molar-refractivity contribution in [1.29, 1.82) is 0 Å². The normalized spacial score (nSPS) is 10.8. The molecule has 0 radical (unpaired) electrons. The maximum absolute atomic E-state index is 10.3. The maximum atomic E-state index is 10.3. The number of hydrogen-bond acceptors (Lipinski definition) is 3. The topological polar surface area (TPSA) is 60.7 Å². The zero-order chi connectivity index (χ0) is 15.6. The van der Waals surface area contributed by atoms with E-state index >= 15 is 0 Å². The minimum atomic E-state index is -0.0371. The number of benzene rings is 2. The number of hydrogen-bond donors (Lipinski definition) is 3. The molecule has 0 heterocycles. The fourth-order valence-corrected chi connectivity index (χ4v) is 3.01. The third-order valence-electron chi connectivity index (χ3n) is 3.96. The van der Waals surface area contributed by atoms with Crippen LogP contribution in [-0.4, -0.2) is 15.3 Å². The molecule has 0 amide bonds. The summed E-state index contributed by atoms with van der Waals surface area (Å²) in [6, 6.07) is 7.04. The first-order valence-corrected chi connectivity index (χ1v) is 7.42. The molecule has 0 bridgehead atoms. The van der Waals surface area contributed by atoms with E-state index in [9.17, 15) is 15.3 Å². The van der Waals surface area contributed by atoms with Gasteiger partial charge in [-0.1, -0.05) is 32.9 Å². The van der Waals surface area contributed by atoms with Crippen molar-refractivity contribution in [2.75, 3.05) is 0 Å². The lowest BCUT2D eigenvalue weighted by molar-refractivity contribution is 0.395. The Balaban J connectivity index is 2.88. The van der Waals surface area contributed by atoms with Crippen LogP contribution in [0.4, 0.5) is 0 Å². The Kier molecular flexibility index (Phi) is 4.41. The minimum absolute atomic E-state index is 0.00453. The van der Waals surface area contributed by atoms with Crippen molar-refractivity contribution in [1.82, 2.24) is 0 Å². The Morgan fingerprint density at radius 2 is 1.33 bits per heavy atom. The first kappa shape index (κ1) is 15.2. The monoisotopic (exact) mass is 286 g/mol. The van der Waals surface area contributed by atoms with Crippen LogP contribution in [0.2, 0.25) is 0 Å². The Hall–Kier alpha value is -2.16. The van der Waals surface area contributed by atoms with E-state index in [2.05, 4.69) is 0 Å². The van der Waals surface area contributed by atoms with Crippen LogP contribution in [0.3, 0.4) is 0 Å². The molecule has 2 aromatic rings. The highest BCUT2D eigenvalue weighted by atomic mass is 16.3. The highest BCUT2D eigenvalue weighted by Gasteiger charge is 2.21. The highest BCUT2D eigenvalue weighted by Crippen LogP contribution is 2.44. The molecule has 3 N–H and O–H groups in total. The molecular weight excluding hydrogens is 264 g/mol. The van der Waals surface area contributed by atoms with Crippen molar-refractivity contribution in [3.63, 3.8) is 0 Å². The average molecular weight is 286 g/mol. The van der Waals surface area contributed by atoms with Crippen LogP contribution in [-0.2, 0) is 19.3 Å². The third-order valence-corrected chi connectivity index (χ3v) is 3.96. The van der Waals surface area contributed by atoms with Crippen LogP contribution in [0.1, 0.15) is 37.5 Å². The van der Waals surface area contributed by atoms with Gasteiger partial charge in [0.05, 0.1) is 0 Å². The molecule has 0 atom stereocenters. The van der Waals surface area contributed by atoms with Crippen LogP contribution in [0.25, 0.3) is 11.1 Å². The predicted molar refractivity (Wildman–Crippen MR) is 85.0 cm³/mol. The molecule has 0 aliphatic carbocycles. The van der Waals surface area contributed by atoms with Crippen LogP contribution in [0, 0.1) is 0 Å². The lowest BCUT2D eigenvalue weighted by atomic mass is 9.86. The lowest BCUT2D eigenvalue weighted by Crippen LogP contribution is -2.01. The van der Waals surface area contributed by atoms with E-state index < -0.39 is 0 Å². The summed E-state index contributed by atoms with van der Waals surface area (Å²) in [5.74, 6) is 0.155. The molecule has 0 aliphatic rings. The van der Waals surface area contributed by atoms with E-state index in [0.29, 0.717) is 12.8 Å². The molecule has 0 spiro atoms. The van der Waals surface area contributed by atoms with Crippen LogP contribution in [0.5, 0.6) is 17.2 Å². The van der Waals surface area contributed by atoms with Gasteiger partial charge in [0.2, 0.25) is 0 Å². The summed E-state index contributed by atoms with van der Waals surface area (Å²) in [6.45, 7) is 5.95. The minimum Gasteiger partial charge on any atom is -0.508 e. The van der Waals surface area contributed by atoms with Crippen molar-refractivity contribution in [3.05, 3.63) is 41.0 Å². The summed E-state index contributed by atoms with van der Waals surface area (Å²) < 4.78 is 0. The van der Waals surface area contributed by atoms with Gasteiger partial charge in [-0.2, -0.15) is 0 Å². The smallest absolute Gasteiger partial charge is 0.161 e. The third kappa shape index (κ3) is 2.56. The molecule has 0 fully saturated rings. The van der Waals surface area contributed by atoms with Crippen molar-refractivity contribution in [2.45, 2.75) is 40.0 Å². The molecule has 2 rings (SSSR count). The molecule has 0 aromatic heterocycles. The second-order valence-corrected chi connectivity index (χ2v) is 5.12. The van der Waals surface area contributed by atoms with E-state index in [0.717, 1.165) is 34.2 Å². The van der Waals surface area contributed by atoms with Gasteiger partial charge in [-0.3, -0.25) is 0 Å². The molecule has 21 heavy (non-hydrogen) atoms. The summed E-state index contributed by atoms with van der Waals surface area (Å²) in [4.78, 5) is 0. The summed E-state index contributed by atoms with van der Waals surface area (Å²) >= 11 is 0. The van der Waals surface area contributed by atoms with Crippen LogP contribution >= 0.6 is 0 Å². The predicted octanol–water partition coefficient (Wildman–Crippen LogP) is 4.16. The van der Waals surface area contributed by atoms with Gasteiger partial charge in [0, 0.05) is 11.1 Å². The van der Waals surface area contributed by atoms with Gasteiger partial charge < -0.3 is 15.3 Å². The van der Waals surface area contributed by atoms with Gasteiger partial charge in [0.25, 0.3) is 0 Å². The molecular formula is C18H22O3. The first-order valence-electron chi connectivity index (χ1n) is 7.42. The van der Waals surface area contributed by atoms with Gasteiger partial charge in [-0.05, 0) is 48.1 Å². The molecule has 0 saturated carbocycles. The molecule has 0 unspecified atom stereocenters. The Labute approximate surface area is 125 Å². The van der Waals surface area contributed by atoms with E-state index in [-0.39, 0.29) is 17.2 Å². The van der Waals surface area contributed by atoms with E-state index in [4.69, 9.17) is 0 Å². The van der Waals surface area contributed by atoms with Gasteiger partial charge in [0.1, 0.15) is 5.75 Å². The zero-order valence-electron chi connectivity index (χ0n) is 12.8. The van der Waals surface area contributed by atoms with E-state index in [1.807, 2.05) is 26.8 Å². The van der Waals surface area contributed by atoms with Crippen molar-refractivity contribution in [3.8, 4) is 28.4 Å². The Morgan fingerprint density at radius 1 is 0.762 bits per heavy atom. The molecule has 112 valence electrons. The standard InChI is InChI=1S/C18H22O3/c1-4-13-14(5-2)17(20)18(21)15(6-3)16(13)11-8-7-9-12(19)10-11/h7-10,19-21H,4-6H2,1-3H3. The second kappa shape index (κ2) is 6.08. The van der Waals surface area contributed by atoms with Crippen molar-refractivity contribution in [2.24, 2.45) is 0 Å². The fourth-order valence-electron chi connectivity index (χ4n) is 3.01. The van der Waals surface area contributed by atoms with E-state index in [1.54, 1.807) is 18.2 Å². The Morgan fingerprint density at radius 3 is 1.86 bits per heavy atom. The summed E-state index contributed by atoms with van der Waals surface area (Å²) in [5.41, 5.74) is 4.35. The van der Waals surface area contributed by atoms with Gasteiger partial charge in [-0.15, -0.1) is 0 Å². The average Bonchev–Trinajstić information content (AvgIpc) is 2.49. The zero-order valence-corrected chi connectivity index (χ0v) is 12.8. The SMILES string of the molecule is CCc1c(O)c(O)c(CC)c(-c2cccc(O)c2)c1CC. The maximum Gasteiger partial charge on any atom is 0.161 e. The Bertz CT molecular complexity index is 660. The first-order chi connectivity index (χ1) is 10.0. The van der Waals surface area contributed by atoms with E-state index in [1.165, 1.54) is 0 Å². The number of rotatable bonds is 4. The molecule has 3 nitrogen and oxygen atoms in total. The van der Waals surface area contributed by atoms with Gasteiger partial charge >= 0.3 is 0 Å². The van der Waals surface area contributed by atoms with Crippen molar-refractivity contribution >= 4 is 0 Å². The number of phenols is 3. The fraction of sp³-hybridized carbons (Fsp3) is 0.333. The summed E-state index contributed by atoms with van der Waals surface area (Å²) in [6.07, 6.45) is 2.02. The van der Waals surface area contributed by atoms with Gasteiger partial charge in [-0.25, -0.2) is 0 Å². The molecule has 0 aliphatic heterocycles. The molecule has 3 heteroatoms. The van der Waals surface area contributed by atoms with Crippen LogP contribution in [0.15, 0.2) is 24.3 Å². The second-order valence-electron chi connectivity index (χ2n) is 5.12. The van der Waals surface area contributed by atoms with Crippen LogP contribution < -0.4 is 0 Å². The number of phenolic OH excluding ortho intramolecular Hbond substituents is 3. The lowest BCUT2D eigenvalue weighted by Gasteiger charge is -2.20. The summed E-state index contributed by atoms with van der Waals surface area (Å²) in [5, 5.41) is 30.3. The largest absolute Gasteiger partial charge is 0.508 e. The van der Waals surface area contributed by atoms with Gasteiger partial charge in [0.15, 0.2) is 11.5 Å². The van der Waals surface area contributed by atoms with Crippen molar-refractivity contribution < 1.29 is 15.3 Å².